The van der Waals surface area contributed by atoms with Crippen LogP contribution in [0.2, 0.25) is 0 Å². The summed E-state index contributed by atoms with van der Waals surface area (Å²) < 4.78 is 5.26. The molecule has 0 spiro atoms. The number of hydrogen-bond acceptors (Lipinski definition) is 4. The number of rotatable bonds is 6. The Kier molecular flexibility index (Phi) is 5.30. The van der Waals surface area contributed by atoms with Crippen molar-refractivity contribution in [3.63, 3.8) is 0 Å². The number of carbonyl (C=O) groups excluding carboxylic acids is 1. The molecule has 1 aromatic carbocycles. The Bertz CT molecular complexity index is 560. The number of carbonyl (C=O) groups is 2. The minimum Gasteiger partial charge on any atom is -0.484 e. The van der Waals surface area contributed by atoms with E-state index in [4.69, 9.17) is 15.1 Å². The Hall–Kier alpha value is -2.55. The predicted molar refractivity (Wildman–Crippen MR) is 75.9 cm³/mol. The van der Waals surface area contributed by atoms with E-state index in [2.05, 4.69) is 11.4 Å². The maximum atomic E-state index is 11.8. The molecule has 6 heteroatoms. The zero-order chi connectivity index (χ0) is 16.0. The lowest BCUT2D eigenvalue weighted by atomic mass is 9.90. The summed E-state index contributed by atoms with van der Waals surface area (Å²) in [6.45, 7) is 5.09. The van der Waals surface area contributed by atoms with Crippen LogP contribution in [-0.2, 0) is 4.79 Å². The summed E-state index contributed by atoms with van der Waals surface area (Å²) in [6.07, 6.45) is 0. The minimum atomic E-state index is -1.03. The highest BCUT2D eigenvalue weighted by Gasteiger charge is 2.29. The lowest BCUT2D eigenvalue weighted by molar-refractivity contribution is -0.124. The second kappa shape index (κ2) is 6.75. The number of nitrogens with zero attached hydrogens (tertiary/aromatic N) is 1. The van der Waals surface area contributed by atoms with Gasteiger partial charge in [-0.3, -0.25) is 4.79 Å². The molecule has 0 aliphatic heterocycles. The number of ether oxygens (including phenoxy) is 1. The van der Waals surface area contributed by atoms with E-state index in [1.807, 2.05) is 13.8 Å². The van der Waals surface area contributed by atoms with Crippen LogP contribution in [0.1, 0.15) is 31.1 Å². The van der Waals surface area contributed by atoms with Gasteiger partial charge in [0.1, 0.15) is 11.3 Å². The van der Waals surface area contributed by atoms with Crippen LogP contribution >= 0.6 is 0 Å². The van der Waals surface area contributed by atoms with Crippen LogP contribution in [-0.4, -0.2) is 29.1 Å². The molecule has 112 valence electrons. The molecule has 0 heterocycles. The van der Waals surface area contributed by atoms with Crippen LogP contribution < -0.4 is 10.1 Å². The molecule has 1 amide bonds. The first-order valence-electron chi connectivity index (χ1n) is 6.47. The Morgan fingerprint density at radius 3 is 2.38 bits per heavy atom. The summed E-state index contributed by atoms with van der Waals surface area (Å²) in [7, 11) is 0. The summed E-state index contributed by atoms with van der Waals surface area (Å²) in [6, 6.07) is 7.81. The van der Waals surface area contributed by atoms with E-state index in [9.17, 15) is 9.59 Å². The second-order valence-corrected chi connectivity index (χ2v) is 5.14. The molecule has 0 unspecified atom stereocenters. The van der Waals surface area contributed by atoms with E-state index in [0.29, 0.717) is 5.75 Å². The molecule has 6 nitrogen and oxygen atoms in total. The third kappa shape index (κ3) is 4.49. The quantitative estimate of drug-likeness (QED) is 0.832. The number of aromatic carboxylic acids is 1. The fourth-order valence-corrected chi connectivity index (χ4v) is 1.47. The van der Waals surface area contributed by atoms with Gasteiger partial charge in [-0.25, -0.2) is 4.79 Å². The van der Waals surface area contributed by atoms with Gasteiger partial charge in [0.15, 0.2) is 6.61 Å². The number of nitriles is 1. The van der Waals surface area contributed by atoms with Crippen molar-refractivity contribution in [2.45, 2.75) is 26.3 Å². The SMILES string of the molecule is CC(C)[C@@](C)(C#N)NC(=O)COc1ccc(C(=O)O)cc1. The summed E-state index contributed by atoms with van der Waals surface area (Å²) in [4.78, 5) is 22.5. The van der Waals surface area contributed by atoms with Gasteiger partial charge in [-0.15, -0.1) is 0 Å². The first-order chi connectivity index (χ1) is 9.78. The molecule has 0 aliphatic carbocycles. The number of benzene rings is 1. The highest BCUT2D eigenvalue weighted by Crippen LogP contribution is 2.15. The van der Waals surface area contributed by atoms with Crippen LogP contribution in [0, 0.1) is 17.2 Å². The largest absolute Gasteiger partial charge is 0.484 e. The van der Waals surface area contributed by atoms with Crippen molar-refractivity contribution in [3.8, 4) is 11.8 Å². The van der Waals surface area contributed by atoms with Gasteiger partial charge in [0.05, 0.1) is 11.6 Å². The molecular weight excluding hydrogens is 272 g/mol. The highest BCUT2D eigenvalue weighted by atomic mass is 16.5. The first-order valence-corrected chi connectivity index (χ1v) is 6.47. The molecule has 0 radical (unpaired) electrons. The third-order valence-electron chi connectivity index (χ3n) is 3.26. The molecular formula is C15H18N2O4. The van der Waals surface area contributed by atoms with Gasteiger partial charge in [-0.1, -0.05) is 13.8 Å². The van der Waals surface area contributed by atoms with Gasteiger partial charge in [-0.05, 0) is 37.1 Å². The fourth-order valence-electron chi connectivity index (χ4n) is 1.47. The molecule has 1 aromatic rings. The molecule has 0 aliphatic rings. The summed E-state index contributed by atoms with van der Waals surface area (Å²) in [5.74, 6) is -1.09. The number of amides is 1. The van der Waals surface area contributed by atoms with Crippen LogP contribution in [0.4, 0.5) is 0 Å². The monoisotopic (exact) mass is 290 g/mol. The Morgan fingerprint density at radius 1 is 1.38 bits per heavy atom. The molecule has 0 fully saturated rings. The number of hydrogen-bond donors (Lipinski definition) is 2. The molecule has 0 saturated heterocycles. The van der Waals surface area contributed by atoms with Crippen molar-refractivity contribution in [2.24, 2.45) is 5.92 Å². The van der Waals surface area contributed by atoms with E-state index in [1.165, 1.54) is 24.3 Å². The molecule has 1 atom stereocenters. The van der Waals surface area contributed by atoms with Gasteiger partial charge < -0.3 is 15.2 Å². The maximum absolute atomic E-state index is 11.8. The van der Waals surface area contributed by atoms with E-state index in [1.54, 1.807) is 6.92 Å². The van der Waals surface area contributed by atoms with E-state index < -0.39 is 17.4 Å². The van der Waals surface area contributed by atoms with Crippen LogP contribution in [0.25, 0.3) is 0 Å². The summed E-state index contributed by atoms with van der Waals surface area (Å²) in [5, 5.41) is 20.5. The van der Waals surface area contributed by atoms with Gasteiger partial charge in [0.2, 0.25) is 0 Å². The molecule has 0 saturated carbocycles. The Labute approximate surface area is 123 Å². The lowest BCUT2D eigenvalue weighted by Crippen LogP contribution is -2.50. The minimum absolute atomic E-state index is 0.0405. The molecule has 21 heavy (non-hydrogen) atoms. The summed E-state index contributed by atoms with van der Waals surface area (Å²) >= 11 is 0. The van der Waals surface area contributed by atoms with Gasteiger partial charge in [0.25, 0.3) is 5.91 Å². The lowest BCUT2D eigenvalue weighted by Gasteiger charge is -2.27. The van der Waals surface area contributed by atoms with Crippen molar-refractivity contribution in [1.29, 1.82) is 5.26 Å². The molecule has 1 rings (SSSR count). The molecule has 0 bridgehead atoms. The smallest absolute Gasteiger partial charge is 0.335 e. The zero-order valence-electron chi connectivity index (χ0n) is 12.2. The normalized spacial score (nSPS) is 13.1. The van der Waals surface area contributed by atoms with Gasteiger partial charge in [-0.2, -0.15) is 5.26 Å². The van der Waals surface area contributed by atoms with Gasteiger partial charge in [0, 0.05) is 0 Å². The topological polar surface area (TPSA) is 99.4 Å². The van der Waals surface area contributed by atoms with Crippen molar-refractivity contribution in [2.75, 3.05) is 6.61 Å². The maximum Gasteiger partial charge on any atom is 0.335 e. The van der Waals surface area contributed by atoms with E-state index >= 15 is 0 Å². The van der Waals surface area contributed by atoms with Crippen LogP contribution in [0.15, 0.2) is 24.3 Å². The van der Waals surface area contributed by atoms with E-state index in [0.717, 1.165) is 0 Å². The fraction of sp³-hybridized carbons (Fsp3) is 0.400. The number of carboxylic acid groups (broad SMARTS) is 1. The first kappa shape index (κ1) is 16.5. The van der Waals surface area contributed by atoms with Crippen molar-refractivity contribution in [1.82, 2.24) is 5.32 Å². The molecule has 0 aromatic heterocycles. The second-order valence-electron chi connectivity index (χ2n) is 5.14. The zero-order valence-corrected chi connectivity index (χ0v) is 12.2. The highest BCUT2D eigenvalue weighted by molar-refractivity contribution is 5.87. The van der Waals surface area contributed by atoms with Crippen molar-refractivity contribution < 1.29 is 19.4 Å². The van der Waals surface area contributed by atoms with Crippen LogP contribution in [0.3, 0.4) is 0 Å². The number of carboxylic acids is 1. The Balaban J connectivity index is 2.57. The van der Waals surface area contributed by atoms with Crippen LogP contribution in [0.5, 0.6) is 5.75 Å². The molecule has 2 N–H and O–H groups in total. The van der Waals surface area contributed by atoms with Gasteiger partial charge >= 0.3 is 5.97 Å². The van der Waals surface area contributed by atoms with Crippen molar-refractivity contribution >= 4 is 11.9 Å². The Morgan fingerprint density at radius 2 is 1.95 bits per heavy atom. The average Bonchev–Trinajstić information content (AvgIpc) is 2.45. The van der Waals surface area contributed by atoms with Crippen molar-refractivity contribution in [3.05, 3.63) is 29.8 Å². The summed E-state index contributed by atoms with van der Waals surface area (Å²) in [5.41, 5.74) is -0.809. The third-order valence-corrected chi connectivity index (χ3v) is 3.26. The predicted octanol–water partition coefficient (Wildman–Crippen LogP) is 1.82. The standard InChI is InChI=1S/C15H18N2O4/c1-10(2)15(3,9-16)17-13(18)8-21-12-6-4-11(5-7-12)14(19)20/h4-7,10H,8H2,1-3H3,(H,17,18)(H,19,20)/t15-/m1/s1. The van der Waals surface area contributed by atoms with E-state index in [-0.39, 0.29) is 18.1 Å². The average molecular weight is 290 g/mol. The number of nitrogens with one attached hydrogen (secondary N) is 1.